The second-order valence-electron chi connectivity index (χ2n) is 11.2. The fourth-order valence-electron chi connectivity index (χ4n) is 4.97. The van der Waals surface area contributed by atoms with Gasteiger partial charge in [0.05, 0.1) is 22.8 Å². The molecule has 0 aliphatic carbocycles. The van der Waals surface area contributed by atoms with Crippen molar-refractivity contribution in [1.29, 1.82) is 0 Å². The first-order valence-corrected chi connectivity index (χ1v) is 20.5. The van der Waals surface area contributed by atoms with Crippen molar-refractivity contribution in [2.24, 2.45) is 5.92 Å². The first-order valence-electron chi connectivity index (χ1n) is 14.7. The van der Waals surface area contributed by atoms with Crippen LogP contribution in [-0.4, -0.2) is 105 Å². The molecular weight excluding hydrogens is 930 g/mol. The van der Waals surface area contributed by atoms with Crippen molar-refractivity contribution in [2.75, 3.05) is 0 Å². The number of likely N-dealkylation sites (tertiary alicyclic amines) is 2. The average Bonchev–Trinajstić information content (AvgIpc) is 3.37. The number of ketones is 1. The minimum Gasteiger partial charge on any atom is -0.336 e. The van der Waals surface area contributed by atoms with Crippen LogP contribution in [0.3, 0.4) is 0 Å². The second kappa shape index (κ2) is 19.6. The van der Waals surface area contributed by atoms with E-state index in [9.17, 15) is 43.2 Å². The molecule has 4 N–H and O–H groups in total. The Morgan fingerprint density at radius 1 is 0.729 bits per heavy atom. The van der Waals surface area contributed by atoms with Gasteiger partial charge in [-0.25, -0.2) is 0 Å². The number of nitrogens with one attached hydrogen (secondary N) is 4. The predicted molar refractivity (Wildman–Crippen MR) is 208 cm³/mol. The van der Waals surface area contributed by atoms with Crippen LogP contribution in [0.2, 0.25) is 0 Å². The molecule has 0 saturated carbocycles. The molecular formula is C25H38B2I2N6O9P2S2. The van der Waals surface area contributed by atoms with Gasteiger partial charge in [0.15, 0.2) is 0 Å². The maximum absolute atomic E-state index is 12.8. The number of carbonyl (C=O) groups is 9. The third-order valence-electron chi connectivity index (χ3n) is 7.32. The molecule has 8 atom stereocenters. The summed E-state index contributed by atoms with van der Waals surface area (Å²) in [5.41, 5.74) is 0. The first-order chi connectivity index (χ1) is 22.2. The maximum atomic E-state index is 12.8. The van der Waals surface area contributed by atoms with E-state index in [0.717, 1.165) is 9.80 Å². The minimum atomic E-state index is -1.11. The summed E-state index contributed by atoms with van der Waals surface area (Å²) in [4.78, 5) is 115. The van der Waals surface area contributed by atoms with E-state index < -0.39 is 93.9 Å². The van der Waals surface area contributed by atoms with Gasteiger partial charge < -0.3 is 21.3 Å². The van der Waals surface area contributed by atoms with Crippen molar-refractivity contribution in [2.45, 2.75) is 95.2 Å². The molecule has 2 rings (SSSR count). The molecule has 0 aromatic rings. The van der Waals surface area contributed by atoms with Gasteiger partial charge in [-0.15, -0.1) is 63.0 Å². The molecule has 2 aliphatic heterocycles. The third kappa shape index (κ3) is 12.6. The van der Waals surface area contributed by atoms with Crippen LogP contribution in [0.1, 0.15) is 60.3 Å². The Morgan fingerprint density at radius 3 is 1.35 bits per heavy atom. The number of hydrogen-bond acceptors (Lipinski definition) is 11. The molecule has 23 heteroatoms. The number of halogens is 2. The van der Waals surface area contributed by atoms with Crippen molar-refractivity contribution in [3.8, 4) is 0 Å². The van der Waals surface area contributed by atoms with Gasteiger partial charge in [-0.3, -0.25) is 53.0 Å². The van der Waals surface area contributed by atoms with E-state index in [0.29, 0.717) is 0 Å². The summed E-state index contributed by atoms with van der Waals surface area (Å²) in [6, 6.07) is -2.22. The summed E-state index contributed by atoms with van der Waals surface area (Å²) in [5.74, 6) is -5.88. The van der Waals surface area contributed by atoms with Crippen LogP contribution in [0.5, 0.6) is 0 Å². The van der Waals surface area contributed by atoms with Crippen LogP contribution in [0.15, 0.2) is 0 Å². The molecule has 15 nitrogen and oxygen atoms in total. The number of rotatable bonds is 17. The summed E-state index contributed by atoms with van der Waals surface area (Å²) in [5, 5.41) is 8.96. The molecule has 0 aromatic heterocycles. The fraction of sp³-hybridized carbons (Fsp3) is 0.640. The van der Waals surface area contributed by atoms with Gasteiger partial charge in [0.2, 0.25) is 47.3 Å². The molecule has 0 bridgehead atoms. The molecule has 2 fully saturated rings. The lowest BCUT2D eigenvalue weighted by molar-refractivity contribution is -0.146. The van der Waals surface area contributed by atoms with Crippen molar-refractivity contribution < 1.29 is 43.2 Å². The normalized spacial score (nSPS) is 20.9. The van der Waals surface area contributed by atoms with Gasteiger partial charge in [-0.1, -0.05) is 0 Å². The molecule has 48 heavy (non-hydrogen) atoms. The third-order valence-corrected chi connectivity index (χ3v) is 11.9. The van der Waals surface area contributed by atoms with Crippen LogP contribution < -0.4 is 21.3 Å². The zero-order valence-corrected chi connectivity index (χ0v) is 35.1. The molecule has 8 amide bonds. The minimum absolute atomic E-state index is 0.00829. The molecule has 8 unspecified atom stereocenters. The van der Waals surface area contributed by atoms with Gasteiger partial charge in [-0.2, -0.15) is 23.2 Å². The van der Waals surface area contributed by atoms with E-state index in [1.54, 1.807) is 0 Å². The SMILES string of the molecule is CC(=O)C(CC(=O)NC(C)NC(=O)C(C)N1C(=O)CC(SB(P)I)C1=O)CC(=O)NC(C)NC(=O)C(C)N1C(=O)CC(SB(P)I)C1=O. The number of amides is 8. The Bertz CT molecular complexity index is 1250. The monoisotopic (exact) mass is 968 g/mol. The van der Waals surface area contributed by atoms with E-state index in [2.05, 4.69) is 84.3 Å². The number of imide groups is 2. The highest BCUT2D eigenvalue weighted by molar-refractivity contribution is 14.1. The van der Waals surface area contributed by atoms with Crippen LogP contribution in [0.25, 0.3) is 0 Å². The van der Waals surface area contributed by atoms with E-state index in [1.165, 1.54) is 57.8 Å². The highest BCUT2D eigenvalue weighted by atomic mass is 127. The average molecular weight is 968 g/mol. The molecule has 2 saturated heterocycles. The van der Waals surface area contributed by atoms with E-state index >= 15 is 0 Å². The van der Waals surface area contributed by atoms with Crippen LogP contribution in [0.4, 0.5) is 0 Å². The summed E-state index contributed by atoms with van der Waals surface area (Å²) in [7, 11) is 5.06. The van der Waals surface area contributed by atoms with Crippen LogP contribution >= 0.6 is 86.2 Å². The Hall–Kier alpha value is -1.02. The van der Waals surface area contributed by atoms with Gasteiger partial charge >= 0.3 is 7.13 Å². The van der Waals surface area contributed by atoms with Crippen molar-refractivity contribution in [1.82, 2.24) is 31.1 Å². The van der Waals surface area contributed by atoms with E-state index in [1.807, 2.05) is 0 Å². The number of carbonyl (C=O) groups excluding carboxylic acids is 9. The molecule has 0 aromatic carbocycles. The number of Topliss-reactive ketones (excluding diaryl/α,β-unsaturated/α-hetero) is 1. The summed E-state index contributed by atoms with van der Waals surface area (Å²) in [6.45, 7) is 6.99. The lowest BCUT2D eigenvalue weighted by Gasteiger charge is -2.25. The van der Waals surface area contributed by atoms with Crippen molar-refractivity contribution in [3.05, 3.63) is 0 Å². The van der Waals surface area contributed by atoms with Gasteiger partial charge in [-0.05, 0) is 34.6 Å². The lowest BCUT2D eigenvalue weighted by atomic mass is 9.96. The zero-order chi connectivity index (χ0) is 36.6. The van der Waals surface area contributed by atoms with Crippen LogP contribution in [0, 0.1) is 5.92 Å². The number of nitrogens with zero attached hydrogens (tertiary/aromatic N) is 2. The Balaban J connectivity index is 1.86. The van der Waals surface area contributed by atoms with Crippen LogP contribution in [-0.2, 0) is 43.2 Å². The number of hydrogen-bond donors (Lipinski definition) is 4. The summed E-state index contributed by atoms with van der Waals surface area (Å²) < 4.78 is 0.0166. The largest absolute Gasteiger partial charge is 0.336 e. The zero-order valence-electron chi connectivity index (χ0n) is 26.8. The molecule has 264 valence electrons. The van der Waals surface area contributed by atoms with Gasteiger partial charge in [0.25, 0.3) is 0 Å². The Morgan fingerprint density at radius 2 is 1.06 bits per heavy atom. The second-order valence-corrected chi connectivity index (χ2v) is 23.3. The molecule has 0 radical (unpaired) electrons. The molecule has 2 aliphatic rings. The highest BCUT2D eigenvalue weighted by Gasteiger charge is 2.45. The van der Waals surface area contributed by atoms with E-state index in [-0.39, 0.29) is 32.8 Å². The first kappa shape index (κ1) is 43.1. The lowest BCUT2D eigenvalue weighted by Crippen LogP contribution is -2.54. The summed E-state index contributed by atoms with van der Waals surface area (Å²) in [6.07, 6.45) is -2.63. The standard InChI is InChI=1S/C25H38B2I2N6O9P2S2/c1-10(34-20(39)8-16(24(34)43)47-26(28)45)22(41)32-13(4)30-18(37)6-15(12(3)36)7-19(38)31-14(5)33-23(42)11(2)35-21(40)9-17(25(35)44)48-27(29)46/h10-11,13-17H,6-9,45-46H2,1-5H3,(H,30,37)(H,31,38)(H,32,41)(H,33,42). The topological polar surface area (TPSA) is 208 Å². The smallest absolute Gasteiger partial charge is 0.303 e. The predicted octanol–water partition coefficient (Wildman–Crippen LogP) is 0.217. The Kier molecular flexibility index (Phi) is 17.6. The molecule has 2 heterocycles. The van der Waals surface area contributed by atoms with E-state index in [4.69, 9.17) is 0 Å². The fourth-order valence-corrected chi connectivity index (χ4v) is 9.80. The summed E-state index contributed by atoms with van der Waals surface area (Å²) >= 11 is 6.80. The highest BCUT2D eigenvalue weighted by Crippen LogP contribution is 2.33. The Labute approximate surface area is 319 Å². The van der Waals surface area contributed by atoms with Crippen molar-refractivity contribution in [3.63, 3.8) is 0 Å². The molecule has 0 spiro atoms. The van der Waals surface area contributed by atoms with Crippen molar-refractivity contribution >= 4 is 146 Å². The quantitative estimate of drug-likeness (QED) is 0.0510. The van der Waals surface area contributed by atoms with Gasteiger partial charge in [0, 0.05) is 31.6 Å². The van der Waals surface area contributed by atoms with Gasteiger partial charge in [0.1, 0.15) is 17.9 Å². The maximum Gasteiger partial charge on any atom is 0.303 e.